The van der Waals surface area contributed by atoms with Crippen LogP contribution in [-0.4, -0.2) is 37.0 Å². The molecule has 4 rings (SSSR count). The predicted molar refractivity (Wildman–Crippen MR) is 95.3 cm³/mol. The number of amides is 2. The summed E-state index contributed by atoms with van der Waals surface area (Å²) in [6.45, 7) is 2.17. The molecular weight excluding hydrogens is 340 g/mol. The first-order valence-electron chi connectivity index (χ1n) is 8.37. The first-order valence-corrected chi connectivity index (χ1v) is 9.25. The van der Waals surface area contributed by atoms with E-state index in [1.165, 1.54) is 0 Å². The van der Waals surface area contributed by atoms with Crippen LogP contribution >= 0.6 is 11.3 Å². The van der Waals surface area contributed by atoms with Gasteiger partial charge >= 0.3 is 6.03 Å². The Labute approximate surface area is 150 Å². The van der Waals surface area contributed by atoms with Gasteiger partial charge in [0.1, 0.15) is 0 Å². The summed E-state index contributed by atoms with van der Waals surface area (Å²) in [6, 6.07) is 9.32. The summed E-state index contributed by atoms with van der Waals surface area (Å²) in [7, 11) is 0. The largest absolute Gasteiger partial charge is 0.454 e. The summed E-state index contributed by atoms with van der Waals surface area (Å²) in [4.78, 5) is 15.8. The molecule has 1 aromatic carbocycles. The van der Waals surface area contributed by atoms with Crippen LogP contribution in [0.2, 0.25) is 0 Å². The normalized spacial score (nSPS) is 18.3. The minimum atomic E-state index is -0.136. The van der Waals surface area contributed by atoms with E-state index >= 15 is 0 Å². The van der Waals surface area contributed by atoms with Gasteiger partial charge < -0.3 is 24.4 Å². The lowest BCUT2D eigenvalue weighted by Crippen LogP contribution is -2.39. The number of fused-ring (bicyclic) bond motifs is 1. The topological polar surface area (TPSA) is 60.0 Å². The molecule has 1 atom stereocenters. The van der Waals surface area contributed by atoms with Crippen molar-refractivity contribution in [1.82, 2.24) is 4.90 Å². The van der Waals surface area contributed by atoms with Gasteiger partial charge in [-0.3, -0.25) is 0 Å². The Bertz CT molecular complexity index is 729. The summed E-state index contributed by atoms with van der Waals surface area (Å²) in [5, 5.41) is 4.98. The molecule has 0 bridgehead atoms. The maximum absolute atomic E-state index is 12.8. The molecule has 7 heteroatoms. The third-order valence-electron chi connectivity index (χ3n) is 4.29. The zero-order chi connectivity index (χ0) is 17.1. The number of carbonyl (C=O) groups is 1. The fraction of sp³-hybridized carbons (Fsp3) is 0.389. The molecule has 0 radical (unpaired) electrons. The number of hydrogen-bond acceptors (Lipinski definition) is 5. The van der Waals surface area contributed by atoms with Crippen LogP contribution in [0.15, 0.2) is 35.7 Å². The lowest BCUT2D eigenvalue weighted by atomic mass is 10.2. The molecule has 25 heavy (non-hydrogen) atoms. The van der Waals surface area contributed by atoms with Gasteiger partial charge in [0.05, 0.1) is 12.6 Å². The first kappa shape index (κ1) is 16.2. The molecule has 2 aliphatic rings. The van der Waals surface area contributed by atoms with Crippen LogP contribution in [0.3, 0.4) is 0 Å². The van der Waals surface area contributed by atoms with E-state index < -0.39 is 0 Å². The highest BCUT2D eigenvalue weighted by molar-refractivity contribution is 7.09. The Balaban J connectivity index is 1.46. The molecule has 1 saturated heterocycles. The number of urea groups is 1. The van der Waals surface area contributed by atoms with E-state index in [0.717, 1.165) is 24.3 Å². The van der Waals surface area contributed by atoms with Crippen molar-refractivity contribution in [2.24, 2.45) is 0 Å². The number of rotatable bonds is 5. The van der Waals surface area contributed by atoms with Gasteiger partial charge in [-0.25, -0.2) is 4.79 Å². The fourth-order valence-corrected chi connectivity index (χ4v) is 3.74. The second-order valence-electron chi connectivity index (χ2n) is 6.09. The van der Waals surface area contributed by atoms with Gasteiger partial charge in [0.2, 0.25) is 6.79 Å². The van der Waals surface area contributed by atoms with Gasteiger partial charge in [0.25, 0.3) is 0 Å². The van der Waals surface area contributed by atoms with Crippen molar-refractivity contribution in [2.75, 3.05) is 25.3 Å². The first-order chi connectivity index (χ1) is 12.3. The standard InChI is InChI=1S/C18H20N2O4S/c21-18(19-13-5-6-16-17(9-13)24-12-23-16)20(10-14-3-1-7-22-14)11-15-4-2-8-25-15/h2,4-6,8-9,14H,1,3,7,10-12H2,(H,19,21)/t14-/m0/s1. The molecule has 6 nitrogen and oxygen atoms in total. The third kappa shape index (κ3) is 3.88. The second kappa shape index (κ2) is 7.33. The number of carbonyl (C=O) groups excluding carboxylic acids is 1. The van der Waals surface area contributed by atoms with Crippen LogP contribution < -0.4 is 14.8 Å². The highest BCUT2D eigenvalue weighted by atomic mass is 32.1. The summed E-state index contributed by atoms with van der Waals surface area (Å²) < 4.78 is 16.4. The molecule has 132 valence electrons. The van der Waals surface area contributed by atoms with Crippen LogP contribution in [0.1, 0.15) is 17.7 Å². The molecule has 0 saturated carbocycles. The molecule has 0 unspecified atom stereocenters. The van der Waals surface area contributed by atoms with Gasteiger partial charge in [-0.2, -0.15) is 0 Å². The van der Waals surface area contributed by atoms with Gasteiger partial charge in [-0.15, -0.1) is 11.3 Å². The number of anilines is 1. The van der Waals surface area contributed by atoms with Crippen molar-refractivity contribution in [3.8, 4) is 11.5 Å². The van der Waals surface area contributed by atoms with E-state index in [1.807, 2.05) is 34.5 Å². The van der Waals surface area contributed by atoms with Gasteiger partial charge in [0, 0.05) is 29.8 Å². The Morgan fingerprint density at radius 3 is 3.00 bits per heavy atom. The lowest BCUT2D eigenvalue weighted by Gasteiger charge is -2.25. The van der Waals surface area contributed by atoms with Crippen molar-refractivity contribution in [1.29, 1.82) is 0 Å². The monoisotopic (exact) mass is 360 g/mol. The summed E-state index contributed by atoms with van der Waals surface area (Å²) in [5.41, 5.74) is 0.692. The Hall–Kier alpha value is -2.25. The zero-order valence-corrected chi connectivity index (χ0v) is 14.6. The molecule has 2 aromatic rings. The van der Waals surface area contributed by atoms with Crippen molar-refractivity contribution in [3.05, 3.63) is 40.6 Å². The minimum Gasteiger partial charge on any atom is -0.454 e. The van der Waals surface area contributed by atoms with Crippen molar-refractivity contribution in [2.45, 2.75) is 25.5 Å². The number of hydrogen-bond donors (Lipinski definition) is 1. The summed E-state index contributed by atoms with van der Waals surface area (Å²) in [6.07, 6.45) is 2.17. The average Bonchev–Trinajstić information content (AvgIpc) is 3.36. The Kier molecular flexibility index (Phi) is 4.76. The second-order valence-corrected chi connectivity index (χ2v) is 7.13. The van der Waals surface area contributed by atoms with E-state index in [2.05, 4.69) is 5.32 Å². The molecule has 0 spiro atoms. The highest BCUT2D eigenvalue weighted by Gasteiger charge is 2.23. The quantitative estimate of drug-likeness (QED) is 0.883. The van der Waals surface area contributed by atoms with E-state index in [0.29, 0.717) is 30.3 Å². The SMILES string of the molecule is O=C(Nc1ccc2c(c1)OCO2)N(Cc1cccs1)C[C@@H]1CCCO1. The summed E-state index contributed by atoms with van der Waals surface area (Å²) in [5.74, 6) is 1.36. The molecule has 1 N–H and O–H groups in total. The highest BCUT2D eigenvalue weighted by Crippen LogP contribution is 2.34. The number of nitrogens with zero attached hydrogens (tertiary/aromatic N) is 1. The van der Waals surface area contributed by atoms with Crippen molar-refractivity contribution in [3.63, 3.8) is 0 Å². The predicted octanol–water partition coefficient (Wildman–Crippen LogP) is 3.69. The van der Waals surface area contributed by atoms with Crippen LogP contribution in [0.5, 0.6) is 11.5 Å². The molecule has 1 fully saturated rings. The van der Waals surface area contributed by atoms with Crippen LogP contribution in [0.25, 0.3) is 0 Å². The fourth-order valence-electron chi connectivity index (χ4n) is 3.02. The maximum atomic E-state index is 12.8. The van der Waals surface area contributed by atoms with Crippen LogP contribution in [0.4, 0.5) is 10.5 Å². The number of ether oxygens (including phenoxy) is 3. The number of benzene rings is 1. The smallest absolute Gasteiger partial charge is 0.322 e. The van der Waals surface area contributed by atoms with Gasteiger partial charge in [-0.1, -0.05) is 6.07 Å². The molecule has 2 aliphatic heterocycles. The van der Waals surface area contributed by atoms with Gasteiger partial charge in [-0.05, 0) is 36.4 Å². The zero-order valence-electron chi connectivity index (χ0n) is 13.8. The van der Waals surface area contributed by atoms with Crippen LogP contribution in [0, 0.1) is 0 Å². The Morgan fingerprint density at radius 1 is 1.28 bits per heavy atom. The van der Waals surface area contributed by atoms with Gasteiger partial charge in [0.15, 0.2) is 11.5 Å². The molecular formula is C18H20N2O4S. The summed E-state index contributed by atoms with van der Waals surface area (Å²) >= 11 is 1.65. The number of nitrogens with one attached hydrogen (secondary N) is 1. The Morgan fingerprint density at radius 2 is 2.20 bits per heavy atom. The van der Waals surface area contributed by atoms with Crippen molar-refractivity contribution >= 4 is 23.1 Å². The molecule has 0 aliphatic carbocycles. The van der Waals surface area contributed by atoms with E-state index in [-0.39, 0.29) is 18.9 Å². The molecule has 2 amide bonds. The number of thiophene rings is 1. The van der Waals surface area contributed by atoms with Crippen LogP contribution in [-0.2, 0) is 11.3 Å². The maximum Gasteiger partial charge on any atom is 0.322 e. The third-order valence-corrected chi connectivity index (χ3v) is 5.15. The lowest BCUT2D eigenvalue weighted by molar-refractivity contribution is 0.0821. The van der Waals surface area contributed by atoms with E-state index in [4.69, 9.17) is 14.2 Å². The van der Waals surface area contributed by atoms with E-state index in [1.54, 1.807) is 17.4 Å². The van der Waals surface area contributed by atoms with E-state index in [9.17, 15) is 4.79 Å². The van der Waals surface area contributed by atoms with Crippen molar-refractivity contribution < 1.29 is 19.0 Å². The minimum absolute atomic E-state index is 0.113. The average molecular weight is 360 g/mol. The molecule has 3 heterocycles. The molecule has 1 aromatic heterocycles.